The lowest BCUT2D eigenvalue weighted by Gasteiger charge is -2.31. The van der Waals surface area contributed by atoms with E-state index in [2.05, 4.69) is 5.32 Å². The minimum atomic E-state index is -0.488. The highest BCUT2D eigenvalue weighted by molar-refractivity contribution is 6.01. The van der Waals surface area contributed by atoms with E-state index in [1.54, 1.807) is 6.07 Å². The SMILES string of the molecule is Cc1ccc2c(c1)C(c1ccccc1)N(C(=O)c1cccc(F)c1)CC(=O)N2. The summed E-state index contributed by atoms with van der Waals surface area (Å²) in [5.74, 6) is -1.16. The van der Waals surface area contributed by atoms with Crippen molar-refractivity contribution >= 4 is 17.5 Å². The van der Waals surface area contributed by atoms with Crippen LogP contribution in [-0.2, 0) is 4.79 Å². The van der Waals surface area contributed by atoms with Crippen molar-refractivity contribution in [3.05, 3.63) is 101 Å². The van der Waals surface area contributed by atoms with E-state index in [9.17, 15) is 14.0 Å². The third kappa shape index (κ3) is 3.39. The molecule has 4 nitrogen and oxygen atoms in total. The van der Waals surface area contributed by atoms with Crippen LogP contribution in [0.25, 0.3) is 0 Å². The molecule has 0 bridgehead atoms. The van der Waals surface area contributed by atoms with Gasteiger partial charge in [0.25, 0.3) is 5.91 Å². The topological polar surface area (TPSA) is 49.4 Å². The number of hydrogen-bond acceptors (Lipinski definition) is 2. The highest BCUT2D eigenvalue weighted by Gasteiger charge is 2.34. The monoisotopic (exact) mass is 374 g/mol. The number of halogens is 1. The minimum Gasteiger partial charge on any atom is -0.324 e. The van der Waals surface area contributed by atoms with Crippen molar-refractivity contribution in [3.8, 4) is 0 Å². The molecule has 1 heterocycles. The van der Waals surface area contributed by atoms with Gasteiger partial charge in [0.1, 0.15) is 12.4 Å². The van der Waals surface area contributed by atoms with Crippen LogP contribution < -0.4 is 5.32 Å². The van der Waals surface area contributed by atoms with Gasteiger partial charge in [0, 0.05) is 16.8 Å². The van der Waals surface area contributed by atoms with Gasteiger partial charge in [0.15, 0.2) is 0 Å². The Bertz CT molecular complexity index is 1050. The molecular formula is C23H19FN2O2. The first-order valence-electron chi connectivity index (χ1n) is 9.05. The Morgan fingerprint density at radius 2 is 1.82 bits per heavy atom. The van der Waals surface area contributed by atoms with Crippen LogP contribution >= 0.6 is 0 Å². The summed E-state index contributed by atoms with van der Waals surface area (Å²) in [6.45, 7) is 1.84. The van der Waals surface area contributed by atoms with Crippen LogP contribution in [0.1, 0.15) is 33.1 Å². The van der Waals surface area contributed by atoms with Crippen LogP contribution in [0.15, 0.2) is 72.8 Å². The summed E-state index contributed by atoms with van der Waals surface area (Å²) in [5.41, 5.74) is 3.63. The number of aryl methyl sites for hydroxylation is 1. The molecule has 1 N–H and O–H groups in total. The molecule has 0 radical (unpaired) electrons. The predicted molar refractivity (Wildman–Crippen MR) is 106 cm³/mol. The maximum atomic E-state index is 13.7. The molecule has 28 heavy (non-hydrogen) atoms. The normalized spacial score (nSPS) is 16.1. The number of rotatable bonds is 2. The average molecular weight is 374 g/mol. The summed E-state index contributed by atoms with van der Waals surface area (Å²) in [5, 5.41) is 2.89. The van der Waals surface area contributed by atoms with E-state index in [1.807, 2.05) is 55.5 Å². The molecule has 1 unspecified atom stereocenters. The van der Waals surface area contributed by atoms with Gasteiger partial charge in [-0.3, -0.25) is 9.59 Å². The number of nitrogens with zero attached hydrogens (tertiary/aromatic N) is 1. The molecule has 140 valence electrons. The molecule has 3 aromatic carbocycles. The van der Waals surface area contributed by atoms with Gasteiger partial charge in [-0.15, -0.1) is 0 Å². The Labute approximate surface area is 162 Å². The van der Waals surface area contributed by atoms with Crippen molar-refractivity contribution in [2.45, 2.75) is 13.0 Å². The van der Waals surface area contributed by atoms with E-state index >= 15 is 0 Å². The third-order valence-corrected chi connectivity index (χ3v) is 4.85. The molecule has 2 amide bonds. The minimum absolute atomic E-state index is 0.122. The molecule has 0 saturated carbocycles. The van der Waals surface area contributed by atoms with Gasteiger partial charge in [0.2, 0.25) is 5.91 Å². The summed E-state index contributed by atoms with van der Waals surface area (Å²) in [6, 6.07) is 20.4. The van der Waals surface area contributed by atoms with Gasteiger partial charge in [0.05, 0.1) is 6.04 Å². The molecule has 0 fully saturated rings. The third-order valence-electron chi connectivity index (χ3n) is 4.85. The fourth-order valence-electron chi connectivity index (χ4n) is 3.60. The van der Waals surface area contributed by atoms with Crippen LogP contribution in [0.4, 0.5) is 10.1 Å². The summed E-state index contributed by atoms with van der Waals surface area (Å²) in [6.07, 6.45) is 0. The van der Waals surface area contributed by atoms with Gasteiger partial charge in [-0.25, -0.2) is 4.39 Å². The molecule has 0 aromatic heterocycles. The molecule has 1 aliphatic rings. The maximum absolute atomic E-state index is 13.7. The van der Waals surface area contributed by atoms with E-state index in [0.29, 0.717) is 5.69 Å². The van der Waals surface area contributed by atoms with Crippen LogP contribution in [0.3, 0.4) is 0 Å². The second kappa shape index (κ2) is 7.27. The van der Waals surface area contributed by atoms with E-state index in [4.69, 9.17) is 0 Å². The number of carbonyl (C=O) groups excluding carboxylic acids is 2. The predicted octanol–water partition coefficient (Wildman–Crippen LogP) is 4.32. The molecule has 0 aliphatic carbocycles. The number of anilines is 1. The Hall–Kier alpha value is -3.47. The maximum Gasteiger partial charge on any atom is 0.255 e. The summed E-state index contributed by atoms with van der Waals surface area (Å²) in [4.78, 5) is 27.4. The number of hydrogen-bond donors (Lipinski definition) is 1. The van der Waals surface area contributed by atoms with Crippen LogP contribution in [-0.4, -0.2) is 23.3 Å². The number of benzene rings is 3. The highest BCUT2D eigenvalue weighted by atomic mass is 19.1. The highest BCUT2D eigenvalue weighted by Crippen LogP contribution is 2.37. The second-order valence-corrected chi connectivity index (χ2v) is 6.90. The molecule has 5 heteroatoms. The van der Waals surface area contributed by atoms with Crippen molar-refractivity contribution in [3.63, 3.8) is 0 Å². The Balaban J connectivity index is 1.89. The zero-order chi connectivity index (χ0) is 19.7. The molecule has 4 rings (SSSR count). The quantitative estimate of drug-likeness (QED) is 0.726. The van der Waals surface area contributed by atoms with Crippen molar-refractivity contribution in [2.24, 2.45) is 0 Å². The largest absolute Gasteiger partial charge is 0.324 e. The first-order valence-corrected chi connectivity index (χ1v) is 9.05. The van der Waals surface area contributed by atoms with Gasteiger partial charge in [-0.2, -0.15) is 0 Å². The second-order valence-electron chi connectivity index (χ2n) is 6.90. The lowest BCUT2D eigenvalue weighted by Crippen LogP contribution is -2.39. The number of carbonyl (C=O) groups is 2. The fourth-order valence-corrected chi connectivity index (χ4v) is 3.60. The van der Waals surface area contributed by atoms with Crippen molar-refractivity contribution in [2.75, 3.05) is 11.9 Å². The first kappa shape index (κ1) is 17.9. The first-order chi connectivity index (χ1) is 13.5. The van der Waals surface area contributed by atoms with Gasteiger partial charge in [-0.1, -0.05) is 54.1 Å². The summed E-state index contributed by atoms with van der Waals surface area (Å²) in [7, 11) is 0. The number of nitrogens with one attached hydrogen (secondary N) is 1. The molecule has 0 saturated heterocycles. The van der Waals surface area contributed by atoms with Gasteiger partial charge < -0.3 is 10.2 Å². The molecule has 0 spiro atoms. The zero-order valence-corrected chi connectivity index (χ0v) is 15.4. The van der Waals surface area contributed by atoms with Gasteiger partial charge in [-0.05, 0) is 36.8 Å². The van der Waals surface area contributed by atoms with E-state index in [-0.39, 0.29) is 18.0 Å². The Morgan fingerprint density at radius 3 is 2.57 bits per heavy atom. The smallest absolute Gasteiger partial charge is 0.255 e. The van der Waals surface area contributed by atoms with Crippen molar-refractivity contribution in [1.29, 1.82) is 0 Å². The standard InChI is InChI=1S/C23H19FN2O2/c1-15-10-11-20-19(12-15)22(16-6-3-2-4-7-16)26(14-21(27)25-20)23(28)17-8-5-9-18(24)13-17/h2-13,22H,14H2,1H3,(H,25,27). The van der Waals surface area contributed by atoms with Crippen molar-refractivity contribution in [1.82, 2.24) is 4.90 Å². The molecule has 3 aromatic rings. The average Bonchev–Trinajstić information content (AvgIpc) is 2.83. The molecule has 1 atom stereocenters. The zero-order valence-electron chi connectivity index (χ0n) is 15.4. The van der Waals surface area contributed by atoms with E-state index < -0.39 is 17.8 Å². The molecule has 1 aliphatic heterocycles. The number of fused-ring (bicyclic) bond motifs is 1. The Morgan fingerprint density at radius 1 is 1.04 bits per heavy atom. The van der Waals surface area contributed by atoms with Crippen LogP contribution in [0.2, 0.25) is 0 Å². The van der Waals surface area contributed by atoms with Crippen LogP contribution in [0, 0.1) is 12.7 Å². The van der Waals surface area contributed by atoms with E-state index in [1.165, 1.54) is 23.1 Å². The van der Waals surface area contributed by atoms with Gasteiger partial charge >= 0.3 is 0 Å². The lowest BCUT2D eigenvalue weighted by atomic mass is 9.94. The Kier molecular flexibility index (Phi) is 4.65. The lowest BCUT2D eigenvalue weighted by molar-refractivity contribution is -0.117. The summed E-state index contributed by atoms with van der Waals surface area (Å²) >= 11 is 0. The van der Waals surface area contributed by atoms with E-state index in [0.717, 1.165) is 16.7 Å². The summed E-state index contributed by atoms with van der Waals surface area (Å²) < 4.78 is 13.7. The number of amides is 2. The fraction of sp³-hybridized carbons (Fsp3) is 0.130. The van der Waals surface area contributed by atoms with Crippen molar-refractivity contribution < 1.29 is 14.0 Å². The molecular weight excluding hydrogens is 355 g/mol. The van der Waals surface area contributed by atoms with Crippen LogP contribution in [0.5, 0.6) is 0 Å².